The van der Waals surface area contributed by atoms with Gasteiger partial charge in [-0.25, -0.2) is 15.0 Å². The highest BCUT2D eigenvalue weighted by Gasteiger charge is 2.09. The lowest BCUT2D eigenvalue weighted by molar-refractivity contribution is 0.825. The van der Waals surface area contributed by atoms with Crippen molar-refractivity contribution in [3.05, 3.63) is 83.7 Å². The van der Waals surface area contributed by atoms with Crippen molar-refractivity contribution in [2.75, 3.05) is 17.2 Å². The maximum Gasteiger partial charge on any atom is 0.181 e. The molecule has 7 heteroatoms. The van der Waals surface area contributed by atoms with Crippen molar-refractivity contribution < 1.29 is 0 Å². The molecule has 5 rings (SSSR count). The summed E-state index contributed by atoms with van der Waals surface area (Å²) in [6.07, 6.45) is 0. The fourth-order valence-corrected chi connectivity index (χ4v) is 4.70. The van der Waals surface area contributed by atoms with Crippen LogP contribution in [0.3, 0.4) is 0 Å². The molecule has 0 saturated carbocycles. The first-order valence-electron chi connectivity index (χ1n) is 12.6. The summed E-state index contributed by atoms with van der Waals surface area (Å²) in [7, 11) is 0. The molecule has 194 valence electrons. The second-order valence-corrected chi connectivity index (χ2v) is 10.9. The van der Waals surface area contributed by atoms with Gasteiger partial charge in [-0.1, -0.05) is 95.3 Å². The van der Waals surface area contributed by atoms with Crippen LogP contribution in [0, 0.1) is 0 Å². The number of anilines is 3. The Morgan fingerprint density at radius 2 is 1.35 bits per heavy atom. The van der Waals surface area contributed by atoms with Gasteiger partial charge in [0, 0.05) is 11.1 Å². The number of para-hydroxylation sites is 1. The largest absolute Gasteiger partial charge is 0.384 e. The number of fused-ring (bicyclic) bond motifs is 2. The van der Waals surface area contributed by atoms with Crippen LogP contribution >= 0.6 is 11.3 Å². The zero-order valence-electron chi connectivity index (χ0n) is 22.6. The Labute approximate surface area is 224 Å². The molecular formula is C30H38N6S. The van der Waals surface area contributed by atoms with Crippen LogP contribution in [0.25, 0.3) is 21.0 Å². The van der Waals surface area contributed by atoms with Crippen molar-refractivity contribution in [1.29, 1.82) is 0 Å². The Bertz CT molecular complexity index is 1460. The van der Waals surface area contributed by atoms with E-state index in [2.05, 4.69) is 86.8 Å². The Kier molecular flexibility index (Phi) is 9.42. The minimum atomic E-state index is 0.406. The zero-order valence-corrected chi connectivity index (χ0v) is 23.4. The van der Waals surface area contributed by atoms with E-state index >= 15 is 0 Å². The topological polar surface area (TPSA) is 117 Å². The Morgan fingerprint density at radius 3 is 1.97 bits per heavy atom. The number of hydrogen-bond donors (Lipinski definition) is 3. The molecule has 6 nitrogen and oxygen atoms in total. The lowest BCUT2D eigenvalue weighted by Crippen LogP contribution is -1.98. The van der Waals surface area contributed by atoms with Gasteiger partial charge in [-0.15, -0.1) is 0 Å². The van der Waals surface area contributed by atoms with Crippen LogP contribution < -0.4 is 17.2 Å². The minimum absolute atomic E-state index is 0.406. The molecule has 0 fully saturated rings. The van der Waals surface area contributed by atoms with Gasteiger partial charge < -0.3 is 17.2 Å². The van der Waals surface area contributed by atoms with Gasteiger partial charge in [0.2, 0.25) is 0 Å². The van der Waals surface area contributed by atoms with Crippen molar-refractivity contribution in [2.24, 2.45) is 0 Å². The van der Waals surface area contributed by atoms with Crippen molar-refractivity contribution in [3.8, 4) is 0 Å². The summed E-state index contributed by atoms with van der Waals surface area (Å²) in [6, 6.07) is 22.1. The summed E-state index contributed by atoms with van der Waals surface area (Å²) >= 11 is 1.55. The van der Waals surface area contributed by atoms with Gasteiger partial charge >= 0.3 is 0 Å². The molecule has 0 aliphatic heterocycles. The number of pyridine rings is 2. The van der Waals surface area contributed by atoms with Gasteiger partial charge in [-0.05, 0) is 53.0 Å². The number of benzene rings is 2. The Morgan fingerprint density at radius 1 is 0.649 bits per heavy atom. The van der Waals surface area contributed by atoms with Crippen LogP contribution in [0.4, 0.5) is 16.8 Å². The smallest absolute Gasteiger partial charge is 0.181 e. The van der Waals surface area contributed by atoms with Crippen molar-refractivity contribution in [1.82, 2.24) is 15.0 Å². The molecule has 0 atom stereocenters. The van der Waals surface area contributed by atoms with Crippen LogP contribution in [-0.2, 0) is 0 Å². The number of nitrogens with zero attached hydrogens (tertiary/aromatic N) is 3. The van der Waals surface area contributed by atoms with Gasteiger partial charge in [0.05, 0.1) is 15.9 Å². The second kappa shape index (κ2) is 12.5. The molecule has 37 heavy (non-hydrogen) atoms. The number of aromatic nitrogens is 3. The summed E-state index contributed by atoms with van der Waals surface area (Å²) in [5.41, 5.74) is 21.4. The fraction of sp³-hybridized carbons (Fsp3) is 0.300. The maximum absolute atomic E-state index is 5.75. The van der Waals surface area contributed by atoms with Gasteiger partial charge in [0.15, 0.2) is 5.13 Å². The van der Waals surface area contributed by atoms with E-state index in [0.29, 0.717) is 34.5 Å². The molecule has 0 spiro atoms. The quantitative estimate of drug-likeness (QED) is 0.227. The van der Waals surface area contributed by atoms with Crippen molar-refractivity contribution >= 4 is 49.1 Å². The molecule has 0 amide bonds. The molecule has 0 aliphatic rings. The summed E-state index contributed by atoms with van der Waals surface area (Å²) in [5, 5.41) is 3.03. The average molecular weight is 515 g/mol. The third-order valence-corrected chi connectivity index (χ3v) is 6.66. The highest BCUT2D eigenvalue weighted by molar-refractivity contribution is 7.22. The molecule has 0 unspecified atom stereocenters. The number of rotatable bonds is 3. The highest BCUT2D eigenvalue weighted by atomic mass is 32.1. The van der Waals surface area contributed by atoms with Crippen LogP contribution in [0.1, 0.15) is 76.2 Å². The molecule has 0 saturated heterocycles. The van der Waals surface area contributed by atoms with E-state index in [1.54, 1.807) is 17.4 Å². The first kappa shape index (κ1) is 27.9. The van der Waals surface area contributed by atoms with E-state index in [9.17, 15) is 0 Å². The lowest BCUT2D eigenvalue weighted by atomic mass is 10.0. The maximum atomic E-state index is 5.75. The van der Waals surface area contributed by atoms with E-state index in [-0.39, 0.29) is 0 Å². The number of nitrogen functional groups attached to an aromatic ring is 3. The third-order valence-electron chi connectivity index (χ3n) is 5.81. The van der Waals surface area contributed by atoms with E-state index in [1.807, 2.05) is 30.3 Å². The van der Waals surface area contributed by atoms with E-state index in [1.165, 1.54) is 21.0 Å². The molecule has 0 bridgehead atoms. The predicted octanol–water partition coefficient (Wildman–Crippen LogP) is 7.73. The summed E-state index contributed by atoms with van der Waals surface area (Å²) < 4.78 is 1.18. The van der Waals surface area contributed by atoms with E-state index < -0.39 is 0 Å². The van der Waals surface area contributed by atoms with Gasteiger partial charge in [-0.3, -0.25) is 0 Å². The molecule has 3 heterocycles. The van der Waals surface area contributed by atoms with E-state index in [0.717, 1.165) is 16.9 Å². The van der Waals surface area contributed by atoms with Gasteiger partial charge in [0.25, 0.3) is 0 Å². The standard InChI is InChI=1S/C12H14N2.C10H12N2S.C8H12N2/c1-8(2)12-10-6-4-3-5-9(10)7-11(13)14-12;1-6(2)7-4-3-5-8-9(7)12-10(11)13-8;1-6(2)7-4-3-5-8(9)10-7/h3-8H,1-2H3,(H2,13,14);3-6H,1-2H3,(H2,11,12);3-6H,1-2H3,(H2,9,10). The molecular weight excluding hydrogens is 476 g/mol. The number of nitrogens with two attached hydrogens (primary N) is 3. The second-order valence-electron chi connectivity index (χ2n) is 9.85. The van der Waals surface area contributed by atoms with Crippen molar-refractivity contribution in [3.63, 3.8) is 0 Å². The van der Waals surface area contributed by atoms with Crippen LogP contribution in [0.2, 0.25) is 0 Å². The predicted molar refractivity (Wildman–Crippen MR) is 161 cm³/mol. The minimum Gasteiger partial charge on any atom is -0.384 e. The Hall–Kier alpha value is -3.71. The molecule has 0 aliphatic carbocycles. The highest BCUT2D eigenvalue weighted by Crippen LogP contribution is 2.30. The third kappa shape index (κ3) is 7.40. The Balaban J connectivity index is 0.000000157. The molecule has 5 aromatic rings. The van der Waals surface area contributed by atoms with Crippen LogP contribution in [0.5, 0.6) is 0 Å². The monoisotopic (exact) mass is 514 g/mol. The van der Waals surface area contributed by atoms with Crippen LogP contribution in [-0.4, -0.2) is 15.0 Å². The van der Waals surface area contributed by atoms with E-state index in [4.69, 9.17) is 17.2 Å². The van der Waals surface area contributed by atoms with Gasteiger partial charge in [0.1, 0.15) is 11.6 Å². The molecule has 3 aromatic heterocycles. The zero-order chi connectivity index (χ0) is 27.1. The first-order chi connectivity index (χ1) is 17.6. The average Bonchev–Trinajstić information content (AvgIpc) is 3.24. The SMILES string of the molecule is CC(C)c1cccc(N)n1.CC(C)c1cccc2sc(N)nc12.CC(C)c1nc(N)cc2ccccc12. The number of thiazole rings is 1. The number of hydrogen-bond acceptors (Lipinski definition) is 7. The van der Waals surface area contributed by atoms with Crippen molar-refractivity contribution in [2.45, 2.75) is 59.3 Å². The summed E-state index contributed by atoms with van der Waals surface area (Å²) in [4.78, 5) is 12.9. The fourth-order valence-electron chi connectivity index (χ4n) is 3.93. The first-order valence-corrected chi connectivity index (χ1v) is 13.4. The summed E-state index contributed by atoms with van der Waals surface area (Å²) in [6.45, 7) is 12.8. The molecule has 6 N–H and O–H groups in total. The summed E-state index contributed by atoms with van der Waals surface area (Å²) in [5.74, 6) is 2.58. The van der Waals surface area contributed by atoms with Gasteiger partial charge in [-0.2, -0.15) is 0 Å². The molecule has 0 radical (unpaired) electrons. The lowest BCUT2D eigenvalue weighted by Gasteiger charge is -2.09. The normalized spacial score (nSPS) is 10.9. The van der Waals surface area contributed by atoms with Crippen LogP contribution in [0.15, 0.2) is 66.7 Å². The molecule has 2 aromatic carbocycles.